The van der Waals surface area contributed by atoms with Crippen molar-refractivity contribution in [2.45, 2.75) is 17.5 Å². The van der Waals surface area contributed by atoms with Crippen molar-refractivity contribution < 1.29 is 32.3 Å². The minimum Gasteiger partial charge on any atom is -0.465 e. The maximum atomic E-state index is 12.7. The van der Waals surface area contributed by atoms with Crippen LogP contribution in [0.5, 0.6) is 0 Å². The topological polar surface area (TPSA) is 63.7 Å². The normalized spacial score (nSPS) is 13.6. The number of alkyl halides is 3. The van der Waals surface area contributed by atoms with E-state index in [1.807, 2.05) is 0 Å². The quantitative estimate of drug-likeness (QED) is 0.291. The third-order valence-electron chi connectivity index (χ3n) is 4.19. The van der Waals surface area contributed by atoms with Crippen molar-refractivity contribution in [1.29, 1.82) is 0 Å². The molecule has 0 aromatic heterocycles. The zero-order valence-electron chi connectivity index (χ0n) is 15.1. The molecule has 29 heavy (non-hydrogen) atoms. The van der Waals surface area contributed by atoms with Crippen molar-refractivity contribution in [2.24, 2.45) is 0 Å². The summed E-state index contributed by atoms with van der Waals surface area (Å²) in [6.07, 6.45) is -4.56. The van der Waals surface area contributed by atoms with E-state index in [9.17, 15) is 27.6 Å². The van der Waals surface area contributed by atoms with Crippen LogP contribution in [0.1, 0.15) is 32.7 Å². The molecule has 0 spiro atoms. The van der Waals surface area contributed by atoms with Crippen LogP contribution in [0.3, 0.4) is 0 Å². The summed E-state index contributed by atoms with van der Waals surface area (Å²) < 4.78 is 43.1. The molecule has 9 heteroatoms. The smallest absolute Gasteiger partial charge is 0.416 e. The molecule has 152 valence electrons. The highest BCUT2D eigenvalue weighted by Crippen LogP contribution is 2.31. The highest BCUT2D eigenvalue weighted by atomic mass is 32.2. The molecule has 2 aromatic rings. The van der Waals surface area contributed by atoms with Crippen LogP contribution in [-0.4, -0.2) is 41.6 Å². The van der Waals surface area contributed by atoms with Gasteiger partial charge in [-0.1, -0.05) is 18.2 Å². The first kappa shape index (κ1) is 20.9. The summed E-state index contributed by atoms with van der Waals surface area (Å²) in [5, 5.41) is 0. The second-order valence-corrected chi connectivity index (χ2v) is 7.32. The molecule has 0 bridgehead atoms. The van der Waals surface area contributed by atoms with Crippen LogP contribution >= 0.6 is 11.8 Å². The lowest BCUT2D eigenvalue weighted by Crippen LogP contribution is -2.32. The van der Waals surface area contributed by atoms with E-state index in [1.54, 1.807) is 30.3 Å². The van der Waals surface area contributed by atoms with Gasteiger partial charge in [-0.3, -0.25) is 19.3 Å². The Morgan fingerprint density at radius 3 is 2.28 bits per heavy atom. The zero-order valence-corrected chi connectivity index (χ0v) is 15.9. The van der Waals surface area contributed by atoms with Crippen LogP contribution in [0.25, 0.3) is 0 Å². The number of hydrogen-bond acceptors (Lipinski definition) is 5. The highest BCUT2D eigenvalue weighted by Gasteiger charge is 2.35. The number of amides is 2. The van der Waals surface area contributed by atoms with E-state index in [1.165, 1.54) is 6.07 Å². The molecule has 5 nitrogen and oxygen atoms in total. The van der Waals surface area contributed by atoms with Crippen LogP contribution < -0.4 is 0 Å². The molecule has 2 amide bonds. The molecule has 1 heterocycles. The maximum absolute atomic E-state index is 12.7. The van der Waals surface area contributed by atoms with Crippen molar-refractivity contribution in [2.75, 3.05) is 18.9 Å². The molecule has 2 aromatic carbocycles. The molecule has 0 saturated carbocycles. The Labute approximate surface area is 168 Å². The predicted octanol–water partition coefficient (Wildman–Crippen LogP) is 4.03. The Morgan fingerprint density at radius 1 is 1.00 bits per heavy atom. The fourth-order valence-electron chi connectivity index (χ4n) is 2.79. The van der Waals surface area contributed by atoms with E-state index in [2.05, 4.69) is 0 Å². The number of ether oxygens (including phenoxy) is 1. The van der Waals surface area contributed by atoms with Crippen molar-refractivity contribution in [3.05, 3.63) is 65.2 Å². The largest absolute Gasteiger partial charge is 0.465 e. The second-order valence-electron chi connectivity index (χ2n) is 6.15. The van der Waals surface area contributed by atoms with Gasteiger partial charge in [0.25, 0.3) is 11.8 Å². The summed E-state index contributed by atoms with van der Waals surface area (Å²) in [6, 6.07) is 11.3. The van der Waals surface area contributed by atoms with Crippen molar-refractivity contribution in [1.82, 2.24) is 4.90 Å². The number of carbonyl (C=O) groups is 3. The summed E-state index contributed by atoms with van der Waals surface area (Å²) in [7, 11) is 0. The summed E-state index contributed by atoms with van der Waals surface area (Å²) in [5.41, 5.74) is -0.118. The summed E-state index contributed by atoms with van der Waals surface area (Å²) in [6.45, 7) is -0.0895. The maximum Gasteiger partial charge on any atom is 0.416 e. The Kier molecular flexibility index (Phi) is 6.26. The van der Waals surface area contributed by atoms with E-state index in [4.69, 9.17) is 4.74 Å². The number of rotatable bonds is 7. The van der Waals surface area contributed by atoms with E-state index < -0.39 is 29.5 Å². The average Bonchev–Trinajstić information content (AvgIpc) is 2.94. The second kappa shape index (κ2) is 8.69. The van der Waals surface area contributed by atoms with Gasteiger partial charge in [0.05, 0.1) is 23.1 Å². The van der Waals surface area contributed by atoms with Crippen molar-refractivity contribution >= 4 is 29.5 Å². The summed E-state index contributed by atoms with van der Waals surface area (Å²) in [5.74, 6) is -1.21. The van der Waals surface area contributed by atoms with Gasteiger partial charge in [0.2, 0.25) is 0 Å². The van der Waals surface area contributed by atoms with Gasteiger partial charge in [0.1, 0.15) is 6.61 Å². The molecule has 3 rings (SSSR count). The molecule has 0 fully saturated rings. The monoisotopic (exact) mass is 423 g/mol. The van der Waals surface area contributed by atoms with Crippen LogP contribution in [-0.2, 0) is 15.7 Å². The number of halogens is 3. The van der Waals surface area contributed by atoms with Gasteiger partial charge < -0.3 is 4.74 Å². The Morgan fingerprint density at radius 2 is 1.66 bits per heavy atom. The SMILES string of the molecule is O=C(CCN1C(=O)c2ccccc2C1=O)OCCSc1cccc(C(F)(F)F)c1. The lowest BCUT2D eigenvalue weighted by atomic mass is 10.1. The average molecular weight is 423 g/mol. The lowest BCUT2D eigenvalue weighted by molar-refractivity contribution is -0.143. The van der Waals surface area contributed by atoms with E-state index in [0.717, 1.165) is 28.8 Å². The van der Waals surface area contributed by atoms with Crippen molar-refractivity contribution in [3.63, 3.8) is 0 Å². The van der Waals surface area contributed by atoms with Gasteiger partial charge in [0, 0.05) is 17.2 Å². The molecule has 0 N–H and O–H groups in total. The van der Waals surface area contributed by atoms with Crippen LogP contribution in [0.2, 0.25) is 0 Å². The first-order chi connectivity index (χ1) is 13.8. The number of benzene rings is 2. The predicted molar refractivity (Wildman–Crippen MR) is 99.6 cm³/mol. The molecule has 0 atom stereocenters. The van der Waals surface area contributed by atoms with Crippen LogP contribution in [0, 0.1) is 0 Å². The third kappa shape index (κ3) is 4.97. The van der Waals surface area contributed by atoms with Crippen LogP contribution in [0.4, 0.5) is 13.2 Å². The molecule has 0 unspecified atom stereocenters. The fraction of sp³-hybridized carbons (Fsp3) is 0.250. The molecule has 1 aliphatic rings. The fourth-order valence-corrected chi connectivity index (χ4v) is 3.58. The Bertz CT molecular complexity index is 910. The van der Waals surface area contributed by atoms with E-state index >= 15 is 0 Å². The molecule has 1 aliphatic heterocycles. The van der Waals surface area contributed by atoms with E-state index in [0.29, 0.717) is 16.0 Å². The van der Waals surface area contributed by atoms with Gasteiger partial charge in [0.15, 0.2) is 0 Å². The first-order valence-corrected chi connectivity index (χ1v) is 9.67. The molecular weight excluding hydrogens is 407 g/mol. The first-order valence-electron chi connectivity index (χ1n) is 8.68. The number of hydrogen-bond donors (Lipinski definition) is 0. The Hall–Kier alpha value is -2.81. The molecule has 0 aliphatic carbocycles. The minimum atomic E-state index is -4.41. The molecular formula is C20H16F3NO4S. The third-order valence-corrected chi connectivity index (χ3v) is 5.15. The number of esters is 1. The number of fused-ring (bicyclic) bond motifs is 1. The van der Waals surface area contributed by atoms with Gasteiger partial charge in [-0.2, -0.15) is 13.2 Å². The number of imide groups is 1. The number of thioether (sulfide) groups is 1. The minimum absolute atomic E-state index is 0.00185. The van der Waals surface area contributed by atoms with Gasteiger partial charge in [-0.15, -0.1) is 11.8 Å². The number of nitrogens with zero attached hydrogens (tertiary/aromatic N) is 1. The van der Waals surface area contributed by atoms with Crippen molar-refractivity contribution in [3.8, 4) is 0 Å². The number of carbonyl (C=O) groups excluding carboxylic acids is 3. The lowest BCUT2D eigenvalue weighted by Gasteiger charge is -2.13. The van der Waals surface area contributed by atoms with Gasteiger partial charge in [-0.05, 0) is 30.3 Å². The standard InChI is InChI=1S/C20H16F3NO4S/c21-20(22,23)13-4-3-5-14(12-13)29-11-10-28-17(25)8-9-24-18(26)15-6-1-2-7-16(15)19(24)27/h1-7,12H,8-11H2. The zero-order chi connectivity index (χ0) is 21.0. The van der Waals surface area contributed by atoms with E-state index in [-0.39, 0.29) is 25.3 Å². The van der Waals surface area contributed by atoms with Crippen LogP contribution in [0.15, 0.2) is 53.4 Å². The molecule has 0 radical (unpaired) electrons. The Balaban J connectivity index is 1.41. The van der Waals surface area contributed by atoms with Gasteiger partial charge >= 0.3 is 12.1 Å². The highest BCUT2D eigenvalue weighted by molar-refractivity contribution is 7.99. The summed E-state index contributed by atoms with van der Waals surface area (Å²) >= 11 is 1.13. The summed E-state index contributed by atoms with van der Waals surface area (Å²) in [4.78, 5) is 37.7. The van der Waals surface area contributed by atoms with Gasteiger partial charge in [-0.25, -0.2) is 0 Å². The molecule has 0 saturated heterocycles.